The van der Waals surface area contributed by atoms with E-state index in [1.165, 1.54) is 40.8 Å². The first-order valence-electron chi connectivity index (χ1n) is 13.4. The number of likely N-dealkylation sites (N-methyl/N-ethyl adjacent to an activating group) is 1. The van der Waals surface area contributed by atoms with E-state index < -0.39 is 0 Å². The predicted octanol–water partition coefficient (Wildman–Crippen LogP) is 8.41. The summed E-state index contributed by atoms with van der Waals surface area (Å²) in [6.45, 7) is 13.9. The third-order valence-electron chi connectivity index (χ3n) is 5.60. The second kappa shape index (κ2) is 17.1. The van der Waals surface area contributed by atoms with Crippen molar-refractivity contribution in [2.75, 3.05) is 37.2 Å². The number of hydrogen-bond acceptors (Lipinski definition) is 3. The van der Waals surface area contributed by atoms with Gasteiger partial charge in [-0.3, -0.25) is 0 Å². The fraction of sp³-hybridized carbons (Fsp3) is 0.375. The van der Waals surface area contributed by atoms with Crippen molar-refractivity contribution in [3.8, 4) is 5.75 Å². The first kappa shape index (κ1) is 30.6. The summed E-state index contributed by atoms with van der Waals surface area (Å²) in [6, 6.07) is 27.1. The molecule has 0 atom stereocenters. The Morgan fingerprint density at radius 3 is 1.83 bits per heavy atom. The van der Waals surface area contributed by atoms with Crippen molar-refractivity contribution >= 4 is 22.3 Å². The molecule has 4 aromatic rings. The summed E-state index contributed by atoms with van der Waals surface area (Å²) >= 11 is 0. The van der Waals surface area contributed by atoms with Crippen LogP contribution >= 0.6 is 0 Å². The number of para-hydroxylation sites is 4. The maximum atomic E-state index is 5.34. The van der Waals surface area contributed by atoms with Crippen molar-refractivity contribution in [2.45, 2.75) is 48.0 Å². The Kier molecular flexibility index (Phi) is 14.5. The third-order valence-corrected chi connectivity index (χ3v) is 5.60. The number of ether oxygens (including phenoxy) is 1. The Bertz CT molecular complexity index is 1070. The van der Waals surface area contributed by atoms with Crippen LogP contribution in [-0.2, 0) is 13.5 Å². The number of anilines is 2. The lowest BCUT2D eigenvalue weighted by atomic mass is 10.2. The molecule has 0 saturated heterocycles. The highest BCUT2D eigenvalue weighted by Crippen LogP contribution is 2.31. The molecule has 0 N–H and O–H groups in total. The Balaban J connectivity index is 0.000000244. The normalized spacial score (nSPS) is 11.8. The Hall–Kier alpha value is -3.40. The first-order chi connectivity index (χ1) is 17.6. The highest BCUT2D eigenvalue weighted by Gasteiger charge is 2.14. The van der Waals surface area contributed by atoms with Crippen LogP contribution in [-0.4, -0.2) is 31.9 Å². The van der Waals surface area contributed by atoms with Gasteiger partial charge in [-0.2, -0.15) is 0 Å². The number of rotatable bonds is 0. The minimum absolute atomic E-state index is 0.680. The lowest BCUT2D eigenvalue weighted by Crippen LogP contribution is -2.14. The average Bonchev–Trinajstić information content (AvgIpc) is 3.66. The maximum Gasteiger partial charge on any atom is 0.161 e. The number of nitrogens with zero attached hydrogens (tertiary/aromatic N) is 3. The second-order valence-corrected chi connectivity index (χ2v) is 7.72. The van der Waals surface area contributed by atoms with Crippen LogP contribution < -0.4 is 14.5 Å². The molecule has 36 heavy (non-hydrogen) atoms. The summed E-state index contributed by atoms with van der Waals surface area (Å²) in [7, 11) is 6.22. The van der Waals surface area contributed by atoms with Gasteiger partial charge in [0, 0.05) is 45.1 Å². The van der Waals surface area contributed by atoms with E-state index >= 15 is 0 Å². The van der Waals surface area contributed by atoms with Gasteiger partial charge in [0.1, 0.15) is 5.75 Å². The Morgan fingerprint density at radius 1 is 0.611 bits per heavy atom. The van der Waals surface area contributed by atoms with E-state index in [0.29, 0.717) is 6.73 Å². The minimum Gasteiger partial charge on any atom is -0.471 e. The van der Waals surface area contributed by atoms with E-state index in [1.54, 1.807) is 0 Å². The van der Waals surface area contributed by atoms with E-state index in [2.05, 4.69) is 95.3 Å². The lowest BCUT2D eigenvalue weighted by Gasteiger charge is -2.10. The number of benzene rings is 3. The van der Waals surface area contributed by atoms with Crippen LogP contribution in [0.3, 0.4) is 0 Å². The van der Waals surface area contributed by atoms with Crippen LogP contribution in [0.25, 0.3) is 10.9 Å². The Morgan fingerprint density at radius 2 is 1.19 bits per heavy atom. The predicted molar refractivity (Wildman–Crippen MR) is 161 cm³/mol. The van der Waals surface area contributed by atoms with Gasteiger partial charge in [0.2, 0.25) is 0 Å². The second-order valence-electron chi connectivity index (χ2n) is 7.72. The van der Waals surface area contributed by atoms with Gasteiger partial charge in [-0.25, -0.2) is 0 Å². The van der Waals surface area contributed by atoms with Gasteiger partial charge in [0.15, 0.2) is 6.73 Å². The molecule has 3 heterocycles. The standard InChI is InChI=1S/C9H11N.C9H9N.C8H9NO.3C2H6/c2*1-10-7-6-8-4-2-3-5-9(8)10;1-9-6-10-8-5-3-2-4-7(8)9;3*1-2/h2-5H,6-7H2,1H3;2-7H,1H3;2-5H,6H2,1H3;3*1-2H3. The quantitative estimate of drug-likeness (QED) is 0.247. The fourth-order valence-corrected chi connectivity index (χ4v) is 3.86. The summed E-state index contributed by atoms with van der Waals surface area (Å²) < 4.78 is 7.46. The van der Waals surface area contributed by atoms with Gasteiger partial charge < -0.3 is 19.1 Å². The van der Waals surface area contributed by atoms with E-state index in [9.17, 15) is 0 Å². The first-order valence-corrected chi connectivity index (χ1v) is 13.4. The zero-order valence-corrected chi connectivity index (χ0v) is 24.0. The van der Waals surface area contributed by atoms with E-state index in [-0.39, 0.29) is 0 Å². The van der Waals surface area contributed by atoms with Crippen LogP contribution in [0.5, 0.6) is 5.75 Å². The number of aromatic nitrogens is 1. The van der Waals surface area contributed by atoms with Crippen LogP contribution in [0.2, 0.25) is 0 Å². The molecule has 0 spiro atoms. The van der Waals surface area contributed by atoms with Crippen molar-refractivity contribution in [3.63, 3.8) is 0 Å². The van der Waals surface area contributed by atoms with Crippen molar-refractivity contribution in [3.05, 3.63) is 90.6 Å². The van der Waals surface area contributed by atoms with Gasteiger partial charge in [-0.05, 0) is 47.7 Å². The van der Waals surface area contributed by atoms with Gasteiger partial charge in [0.05, 0.1) is 5.69 Å². The molecule has 0 fully saturated rings. The summed E-state index contributed by atoms with van der Waals surface area (Å²) in [5.74, 6) is 0.991. The monoisotopic (exact) mass is 489 g/mol. The van der Waals surface area contributed by atoms with Crippen LogP contribution in [0.4, 0.5) is 11.4 Å². The molecule has 0 aliphatic carbocycles. The topological polar surface area (TPSA) is 20.6 Å². The molecular formula is C32H47N3O. The van der Waals surface area contributed by atoms with Crippen molar-refractivity contribution < 1.29 is 4.74 Å². The highest BCUT2D eigenvalue weighted by atomic mass is 16.5. The molecular weight excluding hydrogens is 442 g/mol. The van der Waals surface area contributed by atoms with Gasteiger partial charge in [0.25, 0.3) is 0 Å². The molecule has 4 nitrogen and oxygen atoms in total. The van der Waals surface area contributed by atoms with E-state index in [1.807, 2.05) is 66.8 Å². The third kappa shape index (κ3) is 8.37. The number of aryl methyl sites for hydroxylation is 1. The molecule has 1 aromatic heterocycles. The molecule has 6 rings (SSSR count). The van der Waals surface area contributed by atoms with E-state index in [0.717, 1.165) is 5.75 Å². The van der Waals surface area contributed by atoms with Crippen LogP contribution in [0, 0.1) is 0 Å². The summed E-state index contributed by atoms with van der Waals surface area (Å²) in [5, 5.41) is 1.31. The SMILES string of the molecule is CC.CC.CC.CN1CCc2ccccc21.CN1COc2ccccc21.Cn1ccc2ccccc21. The maximum absolute atomic E-state index is 5.34. The molecule has 4 heteroatoms. The van der Waals surface area contributed by atoms with Gasteiger partial charge in [-0.1, -0.05) is 90.1 Å². The van der Waals surface area contributed by atoms with Gasteiger partial charge in [-0.15, -0.1) is 0 Å². The van der Waals surface area contributed by atoms with Crippen molar-refractivity contribution in [1.82, 2.24) is 4.57 Å². The fourth-order valence-electron chi connectivity index (χ4n) is 3.86. The van der Waals surface area contributed by atoms with Gasteiger partial charge >= 0.3 is 0 Å². The average molecular weight is 490 g/mol. The highest BCUT2D eigenvalue weighted by molar-refractivity contribution is 5.79. The summed E-state index contributed by atoms with van der Waals surface area (Å²) in [5.41, 5.74) is 5.37. The lowest BCUT2D eigenvalue weighted by molar-refractivity contribution is 0.353. The largest absolute Gasteiger partial charge is 0.471 e. The van der Waals surface area contributed by atoms with E-state index in [4.69, 9.17) is 4.74 Å². The van der Waals surface area contributed by atoms with Crippen LogP contribution in [0.1, 0.15) is 47.1 Å². The molecule has 196 valence electrons. The smallest absolute Gasteiger partial charge is 0.161 e. The zero-order valence-electron chi connectivity index (χ0n) is 24.0. The molecule has 0 bridgehead atoms. The number of fused-ring (bicyclic) bond motifs is 3. The summed E-state index contributed by atoms with van der Waals surface area (Å²) in [6.07, 6.45) is 3.29. The Labute approximate surface area is 220 Å². The molecule has 0 unspecified atom stereocenters. The molecule has 0 saturated carbocycles. The molecule has 0 amide bonds. The molecule has 3 aromatic carbocycles. The van der Waals surface area contributed by atoms with Crippen molar-refractivity contribution in [1.29, 1.82) is 0 Å². The van der Waals surface area contributed by atoms with Crippen LogP contribution in [0.15, 0.2) is 85.1 Å². The minimum atomic E-state index is 0.680. The summed E-state index contributed by atoms with van der Waals surface area (Å²) in [4.78, 5) is 4.38. The molecule has 2 aliphatic rings. The number of hydrogen-bond donors (Lipinski definition) is 0. The van der Waals surface area contributed by atoms with Crippen molar-refractivity contribution in [2.24, 2.45) is 7.05 Å². The molecule has 2 aliphatic heterocycles. The molecule has 0 radical (unpaired) electrons. The zero-order chi connectivity index (χ0) is 26.9.